The van der Waals surface area contributed by atoms with Crippen LogP contribution in [0.25, 0.3) is 21.8 Å². The molecule has 6 nitrogen and oxygen atoms in total. The Bertz CT molecular complexity index is 1230. The molecule has 2 aromatic carbocycles. The van der Waals surface area contributed by atoms with Gasteiger partial charge in [-0.15, -0.1) is 0 Å². The van der Waals surface area contributed by atoms with E-state index in [4.69, 9.17) is 0 Å². The molecule has 7 heteroatoms. The Hall–Kier alpha value is -3.06. The van der Waals surface area contributed by atoms with Crippen molar-refractivity contribution in [3.8, 4) is 0 Å². The second kappa shape index (κ2) is 6.59. The van der Waals surface area contributed by atoms with Crippen molar-refractivity contribution in [2.24, 2.45) is 0 Å². The van der Waals surface area contributed by atoms with Crippen molar-refractivity contribution in [1.82, 2.24) is 9.97 Å². The fourth-order valence-electron chi connectivity index (χ4n) is 3.21. The van der Waals surface area contributed by atoms with Gasteiger partial charge in [-0.05, 0) is 55.0 Å². The average Bonchev–Trinajstić information content (AvgIpc) is 3.03. The number of benzene rings is 2. The Morgan fingerprint density at radius 1 is 1.00 bits per heavy atom. The number of H-pyrrole nitrogens is 1. The predicted octanol–water partition coefficient (Wildman–Crippen LogP) is 4.01. The summed E-state index contributed by atoms with van der Waals surface area (Å²) < 4.78 is 25.0. The Morgan fingerprint density at radius 3 is 2.48 bits per heavy atom. The molecule has 0 aliphatic rings. The molecule has 4 aromatic rings. The van der Waals surface area contributed by atoms with Gasteiger partial charge in [0, 0.05) is 46.1 Å². The van der Waals surface area contributed by atoms with Crippen LogP contribution in [0.5, 0.6) is 0 Å². The maximum atomic E-state index is 11.3. The van der Waals surface area contributed by atoms with Crippen LogP contribution in [0, 0.1) is 6.92 Å². The van der Waals surface area contributed by atoms with E-state index in [1.807, 2.05) is 31.3 Å². The van der Waals surface area contributed by atoms with Gasteiger partial charge in [-0.1, -0.05) is 6.07 Å². The summed E-state index contributed by atoms with van der Waals surface area (Å²) in [5.74, 6) is 0. The van der Waals surface area contributed by atoms with Crippen LogP contribution >= 0.6 is 0 Å². The molecule has 0 saturated carbocycles. The molecule has 0 amide bonds. The lowest BCUT2D eigenvalue weighted by Gasteiger charge is -2.09. The quantitative estimate of drug-likeness (QED) is 0.488. The Balaban J connectivity index is 1.59. The first kappa shape index (κ1) is 17.4. The minimum absolute atomic E-state index is 0.542. The highest BCUT2D eigenvalue weighted by molar-refractivity contribution is 7.92. The molecule has 0 unspecified atom stereocenters. The summed E-state index contributed by atoms with van der Waals surface area (Å²) in [4.78, 5) is 7.92. The third-order valence-corrected chi connectivity index (χ3v) is 5.01. The summed E-state index contributed by atoms with van der Waals surface area (Å²) >= 11 is 0. The lowest BCUT2D eigenvalue weighted by atomic mass is 10.1. The normalized spacial score (nSPS) is 11.8. The highest BCUT2D eigenvalue weighted by Crippen LogP contribution is 2.28. The van der Waals surface area contributed by atoms with Crippen molar-refractivity contribution in [1.29, 1.82) is 0 Å². The Morgan fingerprint density at radius 2 is 1.74 bits per heavy atom. The minimum atomic E-state index is -3.27. The highest BCUT2D eigenvalue weighted by atomic mass is 32.2. The number of rotatable bonds is 5. The van der Waals surface area contributed by atoms with E-state index in [1.54, 1.807) is 12.1 Å². The predicted molar refractivity (Wildman–Crippen MR) is 111 cm³/mol. The van der Waals surface area contributed by atoms with Gasteiger partial charge in [0.2, 0.25) is 10.0 Å². The first-order valence-corrected chi connectivity index (χ1v) is 10.5. The minimum Gasteiger partial charge on any atom is -0.381 e. The van der Waals surface area contributed by atoms with Gasteiger partial charge < -0.3 is 10.3 Å². The zero-order chi connectivity index (χ0) is 19.0. The van der Waals surface area contributed by atoms with Crippen LogP contribution in [-0.2, 0) is 16.6 Å². The summed E-state index contributed by atoms with van der Waals surface area (Å²) in [5, 5.41) is 5.68. The summed E-state index contributed by atoms with van der Waals surface area (Å²) in [5.41, 5.74) is 5.75. The summed E-state index contributed by atoms with van der Waals surface area (Å²) in [6.45, 7) is 2.67. The molecule has 0 spiro atoms. The smallest absolute Gasteiger partial charge is 0.229 e. The lowest BCUT2D eigenvalue weighted by Crippen LogP contribution is -2.09. The van der Waals surface area contributed by atoms with E-state index in [-0.39, 0.29) is 0 Å². The number of aromatic nitrogens is 2. The number of fused-ring (bicyclic) bond motifs is 3. The van der Waals surface area contributed by atoms with E-state index in [0.29, 0.717) is 12.2 Å². The van der Waals surface area contributed by atoms with Crippen LogP contribution in [0.2, 0.25) is 0 Å². The average molecular weight is 380 g/mol. The van der Waals surface area contributed by atoms with Gasteiger partial charge in [-0.3, -0.25) is 9.71 Å². The van der Waals surface area contributed by atoms with Gasteiger partial charge in [0.1, 0.15) is 0 Å². The molecule has 0 aliphatic carbocycles. The van der Waals surface area contributed by atoms with Crippen LogP contribution < -0.4 is 10.0 Å². The summed E-state index contributed by atoms with van der Waals surface area (Å²) in [7, 11) is -3.27. The second-order valence-corrected chi connectivity index (χ2v) is 8.40. The van der Waals surface area contributed by atoms with Crippen molar-refractivity contribution < 1.29 is 8.42 Å². The van der Waals surface area contributed by atoms with Crippen LogP contribution in [0.1, 0.15) is 11.3 Å². The third-order valence-electron chi connectivity index (χ3n) is 4.41. The first-order valence-electron chi connectivity index (χ1n) is 8.57. The number of hydrogen-bond acceptors (Lipinski definition) is 4. The second-order valence-electron chi connectivity index (χ2n) is 6.65. The van der Waals surface area contributed by atoms with E-state index in [0.717, 1.165) is 45.0 Å². The van der Waals surface area contributed by atoms with Gasteiger partial charge >= 0.3 is 0 Å². The standard InChI is InChI=1S/C20H20N4O2S/c1-13-3-8-17-18(23-13)9-10-19-20(17)14(12-22-19)11-21-15-4-6-16(7-5-15)24-27(2,25)26/h3-10,12,21,23-24H,11H2,1-2H3. The van der Waals surface area contributed by atoms with E-state index in [2.05, 4.69) is 38.2 Å². The van der Waals surface area contributed by atoms with E-state index in [1.165, 1.54) is 0 Å². The number of hydrogen-bond donors (Lipinski definition) is 3. The molecule has 138 valence electrons. The maximum absolute atomic E-state index is 11.3. The molecule has 27 heavy (non-hydrogen) atoms. The van der Waals surface area contributed by atoms with Crippen molar-refractivity contribution in [3.63, 3.8) is 0 Å². The van der Waals surface area contributed by atoms with E-state index >= 15 is 0 Å². The number of aromatic amines is 1. The largest absolute Gasteiger partial charge is 0.381 e. The number of pyridine rings is 1. The summed E-state index contributed by atoms with van der Waals surface area (Å²) in [6, 6.07) is 15.4. The number of anilines is 2. The lowest BCUT2D eigenvalue weighted by molar-refractivity contribution is 0.607. The molecule has 2 aromatic heterocycles. The van der Waals surface area contributed by atoms with Crippen molar-refractivity contribution in [3.05, 3.63) is 66.0 Å². The van der Waals surface area contributed by atoms with Gasteiger partial charge in [-0.2, -0.15) is 0 Å². The zero-order valence-electron chi connectivity index (χ0n) is 15.1. The van der Waals surface area contributed by atoms with Crippen molar-refractivity contribution in [2.45, 2.75) is 13.5 Å². The zero-order valence-corrected chi connectivity index (χ0v) is 15.9. The number of aryl methyl sites for hydroxylation is 1. The van der Waals surface area contributed by atoms with Gasteiger partial charge in [-0.25, -0.2) is 8.42 Å². The Labute approximate surface area is 157 Å². The molecule has 0 aliphatic heterocycles. The van der Waals surface area contributed by atoms with Gasteiger partial charge in [0.25, 0.3) is 0 Å². The van der Waals surface area contributed by atoms with Crippen LogP contribution in [0.3, 0.4) is 0 Å². The number of sulfonamides is 1. The molecular weight excluding hydrogens is 360 g/mol. The maximum Gasteiger partial charge on any atom is 0.229 e. The van der Waals surface area contributed by atoms with Crippen LogP contribution in [-0.4, -0.2) is 24.6 Å². The van der Waals surface area contributed by atoms with E-state index < -0.39 is 10.0 Å². The Kier molecular flexibility index (Phi) is 4.24. The van der Waals surface area contributed by atoms with Crippen LogP contribution in [0.15, 0.2) is 54.7 Å². The molecule has 0 saturated heterocycles. The molecule has 0 atom stereocenters. The van der Waals surface area contributed by atoms with Crippen molar-refractivity contribution in [2.75, 3.05) is 16.3 Å². The monoisotopic (exact) mass is 380 g/mol. The first-order chi connectivity index (χ1) is 12.9. The third kappa shape index (κ3) is 3.73. The fourth-order valence-corrected chi connectivity index (χ4v) is 3.78. The highest BCUT2D eigenvalue weighted by Gasteiger charge is 2.09. The molecule has 3 N–H and O–H groups in total. The fraction of sp³-hybridized carbons (Fsp3) is 0.150. The van der Waals surface area contributed by atoms with E-state index in [9.17, 15) is 8.42 Å². The number of nitrogens with one attached hydrogen (secondary N) is 3. The molecule has 4 rings (SSSR count). The molecule has 0 fully saturated rings. The molecule has 0 radical (unpaired) electrons. The topological polar surface area (TPSA) is 86.9 Å². The van der Waals surface area contributed by atoms with Gasteiger partial charge in [0.05, 0.1) is 11.8 Å². The van der Waals surface area contributed by atoms with Gasteiger partial charge in [0.15, 0.2) is 0 Å². The number of nitrogens with zero attached hydrogens (tertiary/aromatic N) is 1. The molecule has 2 heterocycles. The van der Waals surface area contributed by atoms with Crippen molar-refractivity contribution >= 4 is 43.2 Å². The molecule has 0 bridgehead atoms. The molecular formula is C20H20N4O2S. The van der Waals surface area contributed by atoms with Crippen LogP contribution in [0.4, 0.5) is 11.4 Å². The summed E-state index contributed by atoms with van der Waals surface area (Å²) in [6.07, 6.45) is 3.03. The SMILES string of the molecule is Cc1ccc2c(ccc3ncc(CNc4ccc(NS(C)(=O)=O)cc4)c32)[nH]1.